The summed E-state index contributed by atoms with van der Waals surface area (Å²) >= 11 is 0. The average Bonchev–Trinajstić information content (AvgIpc) is 2.07. The molecule has 1 rings (SSSR count). The highest BCUT2D eigenvalue weighted by Crippen LogP contribution is 2.03. The number of rotatable bonds is 4. The third-order valence-corrected chi connectivity index (χ3v) is 3.12. The second-order valence-corrected chi connectivity index (χ2v) is 4.65. The molecule has 0 radical (unpaired) electrons. The lowest BCUT2D eigenvalue weighted by Gasteiger charge is -1.97. The molecule has 0 atom stereocenters. The molecule has 0 bridgehead atoms. The second-order valence-electron chi connectivity index (χ2n) is 2.94. The van der Waals surface area contributed by atoms with Gasteiger partial charge >= 0.3 is 0 Å². The highest BCUT2D eigenvalue weighted by molar-refractivity contribution is 6.33. The van der Waals surface area contributed by atoms with Gasteiger partial charge in [-0.15, -0.1) is 0 Å². The average molecular weight is 164 g/mol. The quantitative estimate of drug-likeness (QED) is 0.473. The molecule has 1 aromatic rings. The van der Waals surface area contributed by atoms with Crippen LogP contribution in [-0.4, -0.2) is 9.52 Å². The summed E-state index contributed by atoms with van der Waals surface area (Å²) in [6.07, 6.45) is 2.68. The summed E-state index contributed by atoms with van der Waals surface area (Å²) in [7, 11) is 0.298. The molecule has 0 spiro atoms. The number of benzene rings is 1. The Bertz CT molecular complexity index is 181. The molecule has 0 aliphatic heterocycles. The standard InChI is InChI=1S/C10H16Si/c1-11-9-5-8-10-6-3-2-4-7-10/h2-4,6-7H,5,8-9,11H2,1H3. The van der Waals surface area contributed by atoms with E-state index in [2.05, 4.69) is 36.9 Å². The summed E-state index contributed by atoms with van der Waals surface area (Å²) in [5, 5.41) is 0. The summed E-state index contributed by atoms with van der Waals surface area (Å²) in [4.78, 5) is 0. The Hall–Kier alpha value is -0.563. The maximum absolute atomic E-state index is 2.38. The summed E-state index contributed by atoms with van der Waals surface area (Å²) in [5.74, 6) is 0. The van der Waals surface area contributed by atoms with E-state index in [0.29, 0.717) is 9.52 Å². The van der Waals surface area contributed by atoms with Gasteiger partial charge in [0.2, 0.25) is 0 Å². The maximum Gasteiger partial charge on any atom is 0.0166 e. The molecular weight excluding hydrogens is 148 g/mol. The zero-order chi connectivity index (χ0) is 7.94. The molecule has 0 unspecified atom stereocenters. The van der Waals surface area contributed by atoms with Crippen molar-refractivity contribution in [2.24, 2.45) is 0 Å². The highest BCUT2D eigenvalue weighted by Gasteiger charge is 1.89. The van der Waals surface area contributed by atoms with Crippen LogP contribution in [0.1, 0.15) is 12.0 Å². The molecule has 60 valence electrons. The molecule has 0 fully saturated rings. The smallest absolute Gasteiger partial charge is 0.0166 e. The van der Waals surface area contributed by atoms with E-state index in [1.54, 1.807) is 0 Å². The van der Waals surface area contributed by atoms with Crippen LogP contribution >= 0.6 is 0 Å². The van der Waals surface area contributed by atoms with Crippen molar-refractivity contribution >= 4 is 9.52 Å². The van der Waals surface area contributed by atoms with Gasteiger partial charge in [-0.2, -0.15) is 0 Å². The first-order valence-corrected chi connectivity index (χ1v) is 6.89. The van der Waals surface area contributed by atoms with Gasteiger partial charge < -0.3 is 0 Å². The lowest BCUT2D eigenvalue weighted by atomic mass is 10.1. The normalized spacial score (nSPS) is 11.0. The van der Waals surface area contributed by atoms with Gasteiger partial charge in [0.25, 0.3) is 0 Å². The molecule has 0 saturated carbocycles. The van der Waals surface area contributed by atoms with Gasteiger partial charge in [-0.3, -0.25) is 0 Å². The van der Waals surface area contributed by atoms with Crippen LogP contribution in [0.15, 0.2) is 30.3 Å². The Morgan fingerprint density at radius 1 is 1.18 bits per heavy atom. The van der Waals surface area contributed by atoms with Crippen molar-refractivity contribution in [2.45, 2.75) is 25.4 Å². The fraction of sp³-hybridized carbons (Fsp3) is 0.400. The van der Waals surface area contributed by atoms with Crippen LogP contribution in [0.5, 0.6) is 0 Å². The van der Waals surface area contributed by atoms with E-state index in [4.69, 9.17) is 0 Å². The molecule has 0 aliphatic carbocycles. The SMILES string of the molecule is C[SiH2]CCCc1ccccc1. The van der Waals surface area contributed by atoms with Crippen molar-refractivity contribution in [1.29, 1.82) is 0 Å². The maximum atomic E-state index is 2.38. The number of hydrogen-bond donors (Lipinski definition) is 0. The van der Waals surface area contributed by atoms with E-state index >= 15 is 0 Å². The van der Waals surface area contributed by atoms with E-state index in [0.717, 1.165) is 0 Å². The number of aryl methyl sites for hydroxylation is 1. The van der Waals surface area contributed by atoms with Crippen LogP contribution in [0.4, 0.5) is 0 Å². The van der Waals surface area contributed by atoms with Gasteiger partial charge in [-0.1, -0.05) is 49.3 Å². The van der Waals surface area contributed by atoms with Crippen LogP contribution < -0.4 is 0 Å². The predicted molar refractivity (Wildman–Crippen MR) is 54.0 cm³/mol. The predicted octanol–water partition coefficient (Wildman–Crippen LogP) is 2.25. The fourth-order valence-electron chi connectivity index (χ4n) is 1.22. The zero-order valence-corrected chi connectivity index (χ0v) is 8.63. The van der Waals surface area contributed by atoms with Gasteiger partial charge in [0.05, 0.1) is 0 Å². The minimum absolute atomic E-state index is 0.298. The third kappa shape index (κ3) is 3.37. The van der Waals surface area contributed by atoms with Crippen LogP contribution in [0.2, 0.25) is 12.6 Å². The Morgan fingerprint density at radius 2 is 1.91 bits per heavy atom. The first-order chi connectivity index (χ1) is 5.43. The van der Waals surface area contributed by atoms with Crippen molar-refractivity contribution in [2.75, 3.05) is 0 Å². The lowest BCUT2D eigenvalue weighted by molar-refractivity contribution is 0.915. The van der Waals surface area contributed by atoms with Crippen molar-refractivity contribution in [3.8, 4) is 0 Å². The molecule has 0 N–H and O–H groups in total. The number of hydrogen-bond acceptors (Lipinski definition) is 0. The largest absolute Gasteiger partial charge is 0.0748 e. The summed E-state index contributed by atoms with van der Waals surface area (Å²) in [5.41, 5.74) is 1.50. The van der Waals surface area contributed by atoms with E-state index in [-0.39, 0.29) is 0 Å². The monoisotopic (exact) mass is 164 g/mol. The first-order valence-electron chi connectivity index (χ1n) is 4.47. The fourth-order valence-corrected chi connectivity index (χ4v) is 1.97. The van der Waals surface area contributed by atoms with Crippen LogP contribution in [-0.2, 0) is 6.42 Å². The molecule has 0 saturated heterocycles. The molecule has 11 heavy (non-hydrogen) atoms. The molecule has 1 heteroatoms. The van der Waals surface area contributed by atoms with E-state index in [9.17, 15) is 0 Å². The summed E-state index contributed by atoms with van der Waals surface area (Å²) in [6.45, 7) is 2.38. The highest BCUT2D eigenvalue weighted by atomic mass is 28.2. The van der Waals surface area contributed by atoms with E-state index in [1.807, 2.05) is 0 Å². The minimum Gasteiger partial charge on any atom is -0.0748 e. The Labute approximate surface area is 71.5 Å². The van der Waals surface area contributed by atoms with Gasteiger partial charge in [-0.05, 0) is 12.0 Å². The second kappa shape index (κ2) is 5.14. The van der Waals surface area contributed by atoms with Crippen molar-refractivity contribution in [3.63, 3.8) is 0 Å². The molecule has 0 nitrogen and oxygen atoms in total. The van der Waals surface area contributed by atoms with Gasteiger partial charge in [0, 0.05) is 9.52 Å². The summed E-state index contributed by atoms with van der Waals surface area (Å²) in [6, 6.07) is 12.3. The molecule has 0 amide bonds. The van der Waals surface area contributed by atoms with Gasteiger partial charge in [0.1, 0.15) is 0 Å². The zero-order valence-electron chi connectivity index (χ0n) is 7.22. The lowest BCUT2D eigenvalue weighted by Crippen LogP contribution is -1.86. The third-order valence-electron chi connectivity index (χ3n) is 1.91. The molecular formula is C10H16Si. The Morgan fingerprint density at radius 3 is 2.55 bits per heavy atom. The minimum atomic E-state index is 0.298. The molecule has 1 aromatic carbocycles. The topological polar surface area (TPSA) is 0 Å². The molecule has 0 aliphatic rings. The van der Waals surface area contributed by atoms with E-state index in [1.165, 1.54) is 24.4 Å². The Kier molecular flexibility index (Phi) is 3.98. The van der Waals surface area contributed by atoms with Gasteiger partial charge in [0.15, 0.2) is 0 Å². The van der Waals surface area contributed by atoms with Crippen molar-refractivity contribution in [1.82, 2.24) is 0 Å². The van der Waals surface area contributed by atoms with Crippen molar-refractivity contribution < 1.29 is 0 Å². The van der Waals surface area contributed by atoms with Crippen LogP contribution in [0.3, 0.4) is 0 Å². The van der Waals surface area contributed by atoms with E-state index < -0.39 is 0 Å². The summed E-state index contributed by atoms with van der Waals surface area (Å²) < 4.78 is 0. The first kappa shape index (κ1) is 8.53. The van der Waals surface area contributed by atoms with Crippen molar-refractivity contribution in [3.05, 3.63) is 35.9 Å². The van der Waals surface area contributed by atoms with Gasteiger partial charge in [-0.25, -0.2) is 0 Å². The molecule has 0 aromatic heterocycles. The van der Waals surface area contributed by atoms with Crippen LogP contribution in [0.25, 0.3) is 0 Å². The Balaban J connectivity index is 2.28. The molecule has 0 heterocycles. The van der Waals surface area contributed by atoms with Crippen LogP contribution in [0, 0.1) is 0 Å².